The third-order valence-corrected chi connectivity index (χ3v) is 2.94. The molecule has 1 saturated heterocycles. The van der Waals surface area contributed by atoms with E-state index in [4.69, 9.17) is 4.74 Å². The average Bonchev–Trinajstić information content (AvgIpc) is 2.12. The van der Waals surface area contributed by atoms with Gasteiger partial charge in [-0.05, 0) is 12.8 Å². The molecule has 2 heteroatoms. The van der Waals surface area contributed by atoms with Gasteiger partial charge in [-0.15, -0.1) is 0 Å². The van der Waals surface area contributed by atoms with Gasteiger partial charge in [0.2, 0.25) is 0 Å². The van der Waals surface area contributed by atoms with Crippen LogP contribution in [0.15, 0.2) is 0 Å². The summed E-state index contributed by atoms with van der Waals surface area (Å²) in [6.07, 6.45) is 4.65. The minimum Gasteiger partial charge on any atom is -0.360 e. The van der Waals surface area contributed by atoms with Crippen molar-refractivity contribution in [2.75, 3.05) is 13.2 Å². The van der Waals surface area contributed by atoms with E-state index in [-0.39, 0.29) is 5.72 Å². The highest BCUT2D eigenvalue weighted by Crippen LogP contribution is 2.30. The van der Waals surface area contributed by atoms with Crippen molar-refractivity contribution in [3.05, 3.63) is 0 Å². The smallest absolute Gasteiger partial charge is 0.119 e. The van der Waals surface area contributed by atoms with E-state index in [9.17, 15) is 0 Å². The lowest BCUT2D eigenvalue weighted by molar-refractivity contribution is -0.145. The third-order valence-electron chi connectivity index (χ3n) is 2.94. The minimum absolute atomic E-state index is 0.0149. The van der Waals surface area contributed by atoms with Crippen LogP contribution >= 0.6 is 0 Å². The maximum atomic E-state index is 6.05. The summed E-state index contributed by atoms with van der Waals surface area (Å²) >= 11 is 0. The zero-order valence-electron chi connectivity index (χ0n) is 10.2. The first-order chi connectivity index (χ1) is 6.54. The van der Waals surface area contributed by atoms with E-state index in [0.29, 0.717) is 5.41 Å². The van der Waals surface area contributed by atoms with Gasteiger partial charge in [0.15, 0.2) is 0 Å². The molecule has 0 amide bonds. The highest BCUT2D eigenvalue weighted by molar-refractivity contribution is 4.87. The predicted molar refractivity (Wildman–Crippen MR) is 60.3 cm³/mol. The molecule has 84 valence electrons. The fourth-order valence-corrected chi connectivity index (χ4v) is 2.09. The van der Waals surface area contributed by atoms with E-state index in [1.807, 2.05) is 0 Å². The largest absolute Gasteiger partial charge is 0.360 e. The van der Waals surface area contributed by atoms with Crippen molar-refractivity contribution in [2.45, 2.75) is 59.1 Å². The van der Waals surface area contributed by atoms with Gasteiger partial charge in [-0.3, -0.25) is 5.32 Å². The number of nitrogens with one attached hydrogen (secondary N) is 1. The first kappa shape index (κ1) is 12.0. The molecule has 0 aromatic heterocycles. The normalized spacial score (nSPS) is 24.9. The van der Waals surface area contributed by atoms with Crippen molar-refractivity contribution in [3.63, 3.8) is 0 Å². The van der Waals surface area contributed by atoms with E-state index in [1.54, 1.807) is 0 Å². The first-order valence-corrected chi connectivity index (χ1v) is 5.92. The van der Waals surface area contributed by atoms with Crippen LogP contribution in [0.5, 0.6) is 0 Å². The third kappa shape index (κ3) is 2.96. The van der Waals surface area contributed by atoms with Gasteiger partial charge in [0.1, 0.15) is 5.72 Å². The second-order valence-electron chi connectivity index (χ2n) is 5.30. The number of ether oxygens (including phenoxy) is 1. The molecule has 0 aliphatic carbocycles. The Morgan fingerprint density at radius 2 is 1.71 bits per heavy atom. The molecule has 0 atom stereocenters. The number of hydrogen-bond donors (Lipinski definition) is 1. The Morgan fingerprint density at radius 3 is 2.07 bits per heavy atom. The van der Waals surface area contributed by atoms with Crippen molar-refractivity contribution in [1.29, 1.82) is 0 Å². The summed E-state index contributed by atoms with van der Waals surface area (Å²) < 4.78 is 6.05. The Morgan fingerprint density at radius 1 is 1.14 bits per heavy atom. The predicted octanol–water partition coefficient (Wildman–Crippen LogP) is 2.93. The minimum atomic E-state index is -0.0149. The van der Waals surface area contributed by atoms with Gasteiger partial charge in [-0.25, -0.2) is 0 Å². The molecule has 1 aliphatic rings. The molecule has 14 heavy (non-hydrogen) atoms. The monoisotopic (exact) mass is 199 g/mol. The van der Waals surface area contributed by atoms with Crippen LogP contribution in [0.1, 0.15) is 53.4 Å². The van der Waals surface area contributed by atoms with Gasteiger partial charge in [-0.2, -0.15) is 0 Å². The lowest BCUT2D eigenvalue weighted by atomic mass is 9.89. The van der Waals surface area contributed by atoms with E-state index in [2.05, 4.69) is 33.0 Å². The summed E-state index contributed by atoms with van der Waals surface area (Å²) in [4.78, 5) is 0. The molecule has 0 aromatic carbocycles. The van der Waals surface area contributed by atoms with Gasteiger partial charge in [-0.1, -0.05) is 40.5 Å². The second kappa shape index (κ2) is 4.63. The fourth-order valence-electron chi connectivity index (χ4n) is 2.09. The molecule has 1 N–H and O–H groups in total. The maximum absolute atomic E-state index is 6.05. The Balaban J connectivity index is 2.54. The highest BCUT2D eigenvalue weighted by atomic mass is 16.5. The molecule has 2 nitrogen and oxygen atoms in total. The van der Waals surface area contributed by atoms with Crippen LogP contribution in [-0.4, -0.2) is 18.9 Å². The van der Waals surface area contributed by atoms with Crippen LogP contribution in [0.2, 0.25) is 0 Å². The van der Waals surface area contributed by atoms with Crippen LogP contribution in [0.25, 0.3) is 0 Å². The summed E-state index contributed by atoms with van der Waals surface area (Å²) in [5.41, 5.74) is 0.282. The number of hydrogen-bond acceptors (Lipinski definition) is 2. The van der Waals surface area contributed by atoms with Crippen LogP contribution in [-0.2, 0) is 4.74 Å². The Hall–Kier alpha value is -0.0800. The zero-order chi connectivity index (χ0) is 10.7. The van der Waals surface area contributed by atoms with Gasteiger partial charge >= 0.3 is 0 Å². The highest BCUT2D eigenvalue weighted by Gasteiger charge is 2.37. The van der Waals surface area contributed by atoms with E-state index in [1.165, 1.54) is 12.8 Å². The summed E-state index contributed by atoms with van der Waals surface area (Å²) in [6.45, 7) is 10.9. The van der Waals surface area contributed by atoms with E-state index < -0.39 is 0 Å². The Kier molecular flexibility index (Phi) is 3.96. The molecule has 1 fully saturated rings. The first-order valence-electron chi connectivity index (χ1n) is 5.92. The lowest BCUT2D eigenvalue weighted by Gasteiger charge is -2.44. The molecular formula is C12H25NO. The summed E-state index contributed by atoms with van der Waals surface area (Å²) in [5, 5.41) is 3.60. The van der Waals surface area contributed by atoms with Crippen molar-refractivity contribution < 1.29 is 4.74 Å². The Labute approximate surface area is 88.4 Å². The van der Waals surface area contributed by atoms with Crippen LogP contribution in [0.4, 0.5) is 0 Å². The standard InChI is InChI=1S/C12H25NO/c1-5-7-12(8-6-2)13-9-11(3,4)10-14-12/h13H,5-10H2,1-4H3. The van der Waals surface area contributed by atoms with Crippen molar-refractivity contribution >= 4 is 0 Å². The van der Waals surface area contributed by atoms with Gasteiger partial charge < -0.3 is 4.74 Å². The molecule has 0 saturated carbocycles. The van der Waals surface area contributed by atoms with Crippen LogP contribution in [0.3, 0.4) is 0 Å². The molecule has 0 aromatic rings. The Bertz CT molecular complexity index is 159. The average molecular weight is 199 g/mol. The molecule has 0 bridgehead atoms. The second-order valence-corrected chi connectivity index (χ2v) is 5.30. The van der Waals surface area contributed by atoms with E-state index >= 15 is 0 Å². The maximum Gasteiger partial charge on any atom is 0.119 e. The van der Waals surface area contributed by atoms with Gasteiger partial charge in [0.25, 0.3) is 0 Å². The van der Waals surface area contributed by atoms with E-state index in [0.717, 1.165) is 26.0 Å². The van der Waals surface area contributed by atoms with Crippen molar-refractivity contribution in [2.24, 2.45) is 5.41 Å². The molecule has 1 rings (SSSR count). The molecular weight excluding hydrogens is 174 g/mol. The van der Waals surface area contributed by atoms with Crippen molar-refractivity contribution in [1.82, 2.24) is 5.32 Å². The molecule has 1 aliphatic heterocycles. The summed E-state index contributed by atoms with van der Waals surface area (Å²) in [7, 11) is 0. The summed E-state index contributed by atoms with van der Waals surface area (Å²) in [6, 6.07) is 0. The fraction of sp³-hybridized carbons (Fsp3) is 1.00. The lowest BCUT2D eigenvalue weighted by Crippen LogP contribution is -2.57. The van der Waals surface area contributed by atoms with Crippen LogP contribution in [0, 0.1) is 5.41 Å². The molecule has 0 unspecified atom stereocenters. The summed E-state index contributed by atoms with van der Waals surface area (Å²) in [5.74, 6) is 0. The molecule has 1 heterocycles. The number of rotatable bonds is 4. The van der Waals surface area contributed by atoms with Gasteiger partial charge in [0, 0.05) is 12.0 Å². The SMILES string of the molecule is CCCC1(CCC)NCC(C)(C)CO1. The van der Waals surface area contributed by atoms with Gasteiger partial charge in [0.05, 0.1) is 6.61 Å². The van der Waals surface area contributed by atoms with Crippen LogP contribution < -0.4 is 5.32 Å². The quantitative estimate of drug-likeness (QED) is 0.751. The zero-order valence-corrected chi connectivity index (χ0v) is 10.2. The molecule has 0 radical (unpaired) electrons. The topological polar surface area (TPSA) is 21.3 Å². The van der Waals surface area contributed by atoms with Crippen molar-refractivity contribution in [3.8, 4) is 0 Å². The molecule has 0 spiro atoms.